The molecule has 0 aromatic rings. The van der Waals surface area contributed by atoms with E-state index >= 15 is 0 Å². The quantitative estimate of drug-likeness (QED) is 0.385. The molecule has 1 aliphatic rings. The van der Waals surface area contributed by atoms with Crippen molar-refractivity contribution in [3.05, 3.63) is 0 Å². The fourth-order valence-electron chi connectivity index (χ4n) is 0.995. The predicted molar refractivity (Wildman–Crippen MR) is 38.0 cm³/mol. The smallest absolute Gasteiger partial charge is 0.333 e. The zero-order valence-electron chi connectivity index (χ0n) is 6.48. The lowest BCUT2D eigenvalue weighted by molar-refractivity contribution is -0.156. The van der Waals surface area contributed by atoms with Crippen LogP contribution in [0.1, 0.15) is 6.42 Å². The number of carbonyl (C=O) groups is 3. The molecule has 7 nitrogen and oxygen atoms in total. The van der Waals surface area contributed by atoms with Gasteiger partial charge in [0.1, 0.15) is 0 Å². The van der Waals surface area contributed by atoms with Gasteiger partial charge in [-0.05, 0) is 0 Å². The van der Waals surface area contributed by atoms with Gasteiger partial charge in [0.25, 0.3) is 0 Å². The molecule has 0 spiro atoms. The average Bonchev–Trinajstić information content (AvgIpc) is 2.08. The van der Waals surface area contributed by atoms with E-state index in [1.165, 1.54) is 0 Å². The zero-order chi connectivity index (χ0) is 10.0. The molecule has 1 aliphatic heterocycles. The number of hydrogen-bond donors (Lipinski definition) is 4. The topological polar surface area (TPSA) is 116 Å². The summed E-state index contributed by atoms with van der Waals surface area (Å²) in [5.41, 5.74) is 3.97. The Balaban J connectivity index is 2.71. The molecule has 13 heavy (non-hydrogen) atoms. The van der Waals surface area contributed by atoms with Crippen molar-refractivity contribution < 1.29 is 24.6 Å². The highest BCUT2D eigenvalue weighted by Gasteiger charge is 2.36. The summed E-state index contributed by atoms with van der Waals surface area (Å²) in [4.78, 5) is 31.9. The number of hydrazine groups is 1. The second kappa shape index (κ2) is 3.40. The van der Waals surface area contributed by atoms with Crippen LogP contribution in [0.4, 0.5) is 0 Å². The van der Waals surface area contributed by atoms with Crippen molar-refractivity contribution in [2.24, 2.45) is 5.92 Å². The molecule has 2 amide bonds. The van der Waals surface area contributed by atoms with Crippen LogP contribution >= 0.6 is 0 Å². The number of carboxylic acids is 1. The minimum Gasteiger partial charge on any atom is -0.479 e. The van der Waals surface area contributed by atoms with Crippen molar-refractivity contribution in [1.82, 2.24) is 10.9 Å². The molecular weight excluding hydrogens is 180 g/mol. The lowest BCUT2D eigenvalue weighted by Crippen LogP contribution is -2.55. The largest absolute Gasteiger partial charge is 0.479 e. The number of aliphatic carboxylic acids is 1. The van der Waals surface area contributed by atoms with E-state index in [2.05, 4.69) is 0 Å². The normalized spacial score (nSPS) is 24.5. The second-order valence-electron chi connectivity index (χ2n) is 2.63. The highest BCUT2D eigenvalue weighted by atomic mass is 16.4. The first kappa shape index (κ1) is 9.46. The van der Waals surface area contributed by atoms with E-state index in [1.54, 1.807) is 0 Å². The Bertz CT molecular complexity index is 262. The SMILES string of the molecule is O=C1CC(C(O)C(=O)O)C(=O)NN1. The van der Waals surface area contributed by atoms with Gasteiger partial charge in [-0.25, -0.2) is 4.79 Å². The maximum absolute atomic E-state index is 10.9. The van der Waals surface area contributed by atoms with Crippen LogP contribution in [-0.2, 0) is 14.4 Å². The van der Waals surface area contributed by atoms with Gasteiger partial charge in [0.15, 0.2) is 6.10 Å². The molecule has 4 N–H and O–H groups in total. The van der Waals surface area contributed by atoms with Gasteiger partial charge in [0.2, 0.25) is 11.8 Å². The summed E-state index contributed by atoms with van der Waals surface area (Å²) < 4.78 is 0. The maximum Gasteiger partial charge on any atom is 0.333 e. The van der Waals surface area contributed by atoms with Gasteiger partial charge in [-0.1, -0.05) is 0 Å². The first-order valence-electron chi connectivity index (χ1n) is 3.52. The fourth-order valence-corrected chi connectivity index (χ4v) is 0.995. The molecular formula is C6H8N2O5. The van der Waals surface area contributed by atoms with Crippen LogP contribution in [0.2, 0.25) is 0 Å². The minimum absolute atomic E-state index is 0.320. The number of carbonyl (C=O) groups excluding carboxylic acids is 2. The number of hydrogen-bond acceptors (Lipinski definition) is 4. The molecule has 7 heteroatoms. The Morgan fingerprint density at radius 3 is 2.62 bits per heavy atom. The molecule has 1 heterocycles. The molecule has 1 rings (SSSR count). The lowest BCUT2D eigenvalue weighted by atomic mass is 9.96. The summed E-state index contributed by atoms with van der Waals surface area (Å²) in [5.74, 6) is -3.96. The van der Waals surface area contributed by atoms with Crippen LogP contribution in [0.3, 0.4) is 0 Å². The van der Waals surface area contributed by atoms with E-state index < -0.39 is 29.8 Å². The van der Waals surface area contributed by atoms with Crippen LogP contribution in [0.5, 0.6) is 0 Å². The lowest BCUT2D eigenvalue weighted by Gasteiger charge is -2.23. The first-order valence-corrected chi connectivity index (χ1v) is 3.52. The third kappa shape index (κ3) is 1.94. The molecule has 1 fully saturated rings. The van der Waals surface area contributed by atoms with Gasteiger partial charge >= 0.3 is 5.97 Å². The van der Waals surface area contributed by atoms with E-state index in [9.17, 15) is 14.4 Å². The van der Waals surface area contributed by atoms with Gasteiger partial charge in [-0.15, -0.1) is 0 Å². The predicted octanol–water partition coefficient (Wildman–Crippen LogP) is -2.40. The number of carboxylic acid groups (broad SMARTS) is 1. The summed E-state index contributed by atoms with van der Waals surface area (Å²) in [6.45, 7) is 0. The Labute approximate surface area is 72.7 Å². The number of aliphatic hydroxyl groups is 1. The van der Waals surface area contributed by atoms with Crippen LogP contribution in [0, 0.1) is 5.92 Å². The molecule has 72 valence electrons. The number of nitrogens with one attached hydrogen (secondary N) is 2. The van der Waals surface area contributed by atoms with Crippen molar-refractivity contribution in [1.29, 1.82) is 0 Å². The average molecular weight is 188 g/mol. The minimum atomic E-state index is -1.84. The summed E-state index contributed by atoms with van der Waals surface area (Å²) in [6.07, 6.45) is -2.16. The number of rotatable bonds is 2. The molecule has 1 saturated heterocycles. The molecule has 0 radical (unpaired) electrons. The number of amides is 2. The monoisotopic (exact) mass is 188 g/mol. The van der Waals surface area contributed by atoms with Crippen LogP contribution < -0.4 is 10.9 Å². The Hall–Kier alpha value is -1.63. The molecule has 0 bridgehead atoms. The molecule has 0 aliphatic carbocycles. The first-order chi connectivity index (χ1) is 6.02. The highest BCUT2D eigenvalue weighted by molar-refractivity contribution is 5.94. The van der Waals surface area contributed by atoms with Crippen molar-refractivity contribution in [3.63, 3.8) is 0 Å². The molecule has 2 atom stereocenters. The molecule has 0 aromatic heterocycles. The molecule has 2 unspecified atom stereocenters. The van der Waals surface area contributed by atoms with Gasteiger partial charge in [-0.2, -0.15) is 0 Å². The Morgan fingerprint density at radius 1 is 1.46 bits per heavy atom. The maximum atomic E-state index is 10.9. The van der Waals surface area contributed by atoms with Crippen molar-refractivity contribution in [3.8, 4) is 0 Å². The van der Waals surface area contributed by atoms with E-state index in [1.807, 2.05) is 10.9 Å². The summed E-state index contributed by atoms with van der Waals surface area (Å²) in [7, 11) is 0. The Kier molecular flexibility index (Phi) is 2.47. The van der Waals surface area contributed by atoms with Crippen molar-refractivity contribution in [2.45, 2.75) is 12.5 Å². The van der Waals surface area contributed by atoms with E-state index in [4.69, 9.17) is 10.2 Å². The van der Waals surface area contributed by atoms with E-state index in [-0.39, 0.29) is 6.42 Å². The molecule has 0 saturated carbocycles. The summed E-state index contributed by atoms with van der Waals surface area (Å²) in [5, 5.41) is 17.4. The van der Waals surface area contributed by atoms with Crippen molar-refractivity contribution >= 4 is 17.8 Å². The molecule has 0 aromatic carbocycles. The zero-order valence-corrected chi connectivity index (χ0v) is 6.48. The Morgan fingerprint density at radius 2 is 2.08 bits per heavy atom. The van der Waals surface area contributed by atoms with Gasteiger partial charge in [-0.3, -0.25) is 20.4 Å². The summed E-state index contributed by atoms with van der Waals surface area (Å²) >= 11 is 0. The van der Waals surface area contributed by atoms with Crippen LogP contribution in [0.15, 0.2) is 0 Å². The van der Waals surface area contributed by atoms with Crippen LogP contribution in [0.25, 0.3) is 0 Å². The fraction of sp³-hybridized carbons (Fsp3) is 0.500. The third-order valence-electron chi connectivity index (χ3n) is 1.70. The summed E-state index contributed by atoms with van der Waals surface area (Å²) in [6, 6.07) is 0. The van der Waals surface area contributed by atoms with Gasteiger partial charge in [0.05, 0.1) is 5.92 Å². The van der Waals surface area contributed by atoms with Crippen molar-refractivity contribution in [2.75, 3.05) is 0 Å². The second-order valence-corrected chi connectivity index (χ2v) is 2.63. The van der Waals surface area contributed by atoms with Gasteiger partial charge < -0.3 is 10.2 Å². The number of aliphatic hydroxyl groups excluding tert-OH is 1. The third-order valence-corrected chi connectivity index (χ3v) is 1.70. The van der Waals surface area contributed by atoms with Gasteiger partial charge in [0, 0.05) is 6.42 Å². The highest BCUT2D eigenvalue weighted by Crippen LogP contribution is 2.12. The van der Waals surface area contributed by atoms with E-state index in [0.717, 1.165) is 0 Å². The van der Waals surface area contributed by atoms with E-state index in [0.29, 0.717) is 0 Å². The standard InChI is InChI=1S/C6H8N2O5/c9-3-1-2(4(10)6(12)13)5(11)8-7-3/h2,4,10H,1H2,(H,7,9)(H,8,11)(H,12,13). The van der Waals surface area contributed by atoms with Crippen LogP contribution in [-0.4, -0.2) is 34.1 Å².